The maximum absolute atomic E-state index is 13.1. The van der Waals surface area contributed by atoms with Gasteiger partial charge in [-0.1, -0.05) is 12.1 Å². The van der Waals surface area contributed by atoms with Gasteiger partial charge >= 0.3 is 0 Å². The Morgan fingerprint density at radius 3 is 2.96 bits per heavy atom. The third kappa shape index (κ3) is 3.62. The van der Waals surface area contributed by atoms with Crippen LogP contribution in [0.15, 0.2) is 36.5 Å². The first-order chi connectivity index (χ1) is 12.0. The highest BCUT2D eigenvalue weighted by atomic mass is 16.5. The lowest BCUT2D eigenvalue weighted by Gasteiger charge is -2.41. The standard InChI is InChI=1S/C18H21N3O4/c1-24-12-18(10-16(19)22)11-21(8-9-25-18)17(23)14-4-2-6-15-13(14)5-3-7-20-15/h2-7H,8-12H2,1H3,(H2,19,22)/t18-/m0/s1. The van der Waals surface area contributed by atoms with Gasteiger partial charge in [-0.05, 0) is 18.2 Å². The van der Waals surface area contributed by atoms with Gasteiger partial charge in [0.2, 0.25) is 5.91 Å². The molecule has 1 aromatic heterocycles. The molecule has 1 atom stereocenters. The summed E-state index contributed by atoms with van der Waals surface area (Å²) >= 11 is 0. The zero-order valence-electron chi connectivity index (χ0n) is 14.1. The molecule has 1 aromatic carbocycles. The van der Waals surface area contributed by atoms with Gasteiger partial charge in [-0.15, -0.1) is 0 Å². The number of pyridine rings is 1. The van der Waals surface area contributed by atoms with Gasteiger partial charge in [-0.2, -0.15) is 0 Å². The number of benzene rings is 1. The number of nitrogens with two attached hydrogens (primary N) is 1. The van der Waals surface area contributed by atoms with E-state index in [-0.39, 0.29) is 25.5 Å². The van der Waals surface area contributed by atoms with Crippen LogP contribution < -0.4 is 5.73 Å². The van der Waals surface area contributed by atoms with E-state index in [4.69, 9.17) is 15.2 Å². The molecule has 2 heterocycles. The second kappa shape index (κ2) is 7.16. The minimum Gasteiger partial charge on any atom is -0.382 e. The third-order valence-electron chi connectivity index (χ3n) is 4.32. The fourth-order valence-corrected chi connectivity index (χ4v) is 3.30. The quantitative estimate of drug-likeness (QED) is 0.873. The Morgan fingerprint density at radius 2 is 2.20 bits per heavy atom. The van der Waals surface area contributed by atoms with Crippen LogP contribution in [-0.4, -0.2) is 60.7 Å². The number of amides is 2. The lowest BCUT2D eigenvalue weighted by molar-refractivity contribution is -0.148. The number of methoxy groups -OCH3 is 1. The lowest BCUT2D eigenvalue weighted by Crippen LogP contribution is -2.57. The molecule has 1 fully saturated rings. The van der Waals surface area contributed by atoms with Crippen LogP contribution in [0, 0.1) is 0 Å². The molecule has 0 unspecified atom stereocenters. The Bertz CT molecular complexity index is 785. The second-order valence-corrected chi connectivity index (χ2v) is 6.21. The van der Waals surface area contributed by atoms with Crippen LogP contribution in [0.3, 0.4) is 0 Å². The van der Waals surface area contributed by atoms with Crippen molar-refractivity contribution in [1.29, 1.82) is 0 Å². The van der Waals surface area contributed by atoms with Crippen LogP contribution >= 0.6 is 0 Å². The molecule has 1 aliphatic rings. The first kappa shape index (κ1) is 17.3. The Labute approximate surface area is 145 Å². The maximum atomic E-state index is 13.1. The fraction of sp³-hybridized carbons (Fsp3) is 0.389. The van der Waals surface area contributed by atoms with Crippen molar-refractivity contribution in [2.24, 2.45) is 5.73 Å². The molecule has 0 radical (unpaired) electrons. The predicted molar refractivity (Wildman–Crippen MR) is 92.0 cm³/mol. The molecule has 3 rings (SSSR count). The van der Waals surface area contributed by atoms with E-state index in [1.54, 1.807) is 23.2 Å². The van der Waals surface area contributed by atoms with E-state index in [9.17, 15) is 9.59 Å². The van der Waals surface area contributed by atoms with Gasteiger partial charge in [-0.25, -0.2) is 0 Å². The van der Waals surface area contributed by atoms with Crippen LogP contribution in [0.25, 0.3) is 10.9 Å². The van der Waals surface area contributed by atoms with E-state index in [0.29, 0.717) is 18.7 Å². The number of ether oxygens (including phenoxy) is 2. The number of carbonyl (C=O) groups excluding carboxylic acids is 2. The highest BCUT2D eigenvalue weighted by Gasteiger charge is 2.40. The Balaban J connectivity index is 1.89. The first-order valence-corrected chi connectivity index (χ1v) is 8.09. The summed E-state index contributed by atoms with van der Waals surface area (Å²) in [5.41, 5.74) is 5.80. The Kier molecular flexibility index (Phi) is 4.96. The van der Waals surface area contributed by atoms with Crippen molar-refractivity contribution in [2.75, 3.05) is 33.4 Å². The molecule has 132 valence electrons. The first-order valence-electron chi connectivity index (χ1n) is 8.09. The van der Waals surface area contributed by atoms with Crippen molar-refractivity contribution in [2.45, 2.75) is 12.0 Å². The zero-order chi connectivity index (χ0) is 17.9. The summed E-state index contributed by atoms with van der Waals surface area (Å²) in [4.78, 5) is 30.5. The van der Waals surface area contributed by atoms with Crippen LogP contribution in [0.1, 0.15) is 16.8 Å². The van der Waals surface area contributed by atoms with Crippen molar-refractivity contribution in [3.8, 4) is 0 Å². The van der Waals surface area contributed by atoms with Crippen molar-refractivity contribution in [1.82, 2.24) is 9.88 Å². The van der Waals surface area contributed by atoms with E-state index in [1.807, 2.05) is 18.2 Å². The average Bonchev–Trinajstić information content (AvgIpc) is 2.60. The van der Waals surface area contributed by atoms with E-state index >= 15 is 0 Å². The summed E-state index contributed by atoms with van der Waals surface area (Å²) in [5, 5.41) is 0.800. The molecule has 0 aliphatic carbocycles. The highest BCUT2D eigenvalue weighted by molar-refractivity contribution is 6.06. The predicted octanol–water partition coefficient (Wildman–Crippen LogP) is 0.968. The fourth-order valence-electron chi connectivity index (χ4n) is 3.30. The number of nitrogens with zero attached hydrogens (tertiary/aromatic N) is 2. The average molecular weight is 343 g/mol. The van der Waals surface area contributed by atoms with Crippen LogP contribution in [0.4, 0.5) is 0 Å². The summed E-state index contributed by atoms with van der Waals surface area (Å²) in [6.45, 7) is 1.21. The molecule has 2 amide bonds. The summed E-state index contributed by atoms with van der Waals surface area (Å²) < 4.78 is 11.0. The number of carbonyl (C=O) groups is 2. The zero-order valence-corrected chi connectivity index (χ0v) is 14.1. The molecule has 25 heavy (non-hydrogen) atoms. The second-order valence-electron chi connectivity index (χ2n) is 6.21. The van der Waals surface area contributed by atoms with E-state index in [0.717, 1.165) is 10.9 Å². The minimum atomic E-state index is -0.905. The molecule has 0 spiro atoms. The summed E-state index contributed by atoms with van der Waals surface area (Å²) in [5.74, 6) is -0.604. The van der Waals surface area contributed by atoms with Gasteiger partial charge in [0.25, 0.3) is 5.91 Å². The van der Waals surface area contributed by atoms with Gasteiger partial charge in [0.1, 0.15) is 5.60 Å². The number of morpholine rings is 1. The van der Waals surface area contributed by atoms with Crippen molar-refractivity contribution >= 4 is 22.7 Å². The summed E-state index contributed by atoms with van der Waals surface area (Å²) in [6.07, 6.45) is 1.70. The molecule has 2 N–H and O–H groups in total. The third-order valence-corrected chi connectivity index (χ3v) is 4.32. The molecule has 0 saturated carbocycles. The van der Waals surface area contributed by atoms with E-state index in [2.05, 4.69) is 4.98 Å². The van der Waals surface area contributed by atoms with Gasteiger partial charge in [0.05, 0.1) is 31.7 Å². The number of aromatic nitrogens is 1. The largest absolute Gasteiger partial charge is 0.382 e. The summed E-state index contributed by atoms with van der Waals surface area (Å²) in [6, 6.07) is 9.15. The molecular formula is C18H21N3O4. The number of rotatable bonds is 5. The highest BCUT2D eigenvalue weighted by Crippen LogP contribution is 2.25. The van der Waals surface area contributed by atoms with Crippen LogP contribution in [0.2, 0.25) is 0 Å². The van der Waals surface area contributed by atoms with Crippen molar-refractivity contribution in [3.63, 3.8) is 0 Å². The van der Waals surface area contributed by atoms with Gasteiger partial charge in [-0.3, -0.25) is 14.6 Å². The smallest absolute Gasteiger partial charge is 0.254 e. The maximum Gasteiger partial charge on any atom is 0.254 e. The number of hydrogen-bond donors (Lipinski definition) is 1. The molecular weight excluding hydrogens is 322 g/mol. The van der Waals surface area contributed by atoms with Gasteiger partial charge < -0.3 is 20.1 Å². The van der Waals surface area contributed by atoms with Crippen molar-refractivity contribution < 1.29 is 19.1 Å². The van der Waals surface area contributed by atoms with Crippen molar-refractivity contribution in [3.05, 3.63) is 42.1 Å². The Morgan fingerprint density at radius 1 is 1.36 bits per heavy atom. The Hall–Kier alpha value is -2.51. The number of hydrogen-bond acceptors (Lipinski definition) is 5. The van der Waals surface area contributed by atoms with Gasteiger partial charge in [0.15, 0.2) is 0 Å². The SMILES string of the molecule is COC[C@]1(CC(N)=O)CN(C(=O)c2cccc3ncccc23)CCO1. The summed E-state index contributed by atoms with van der Waals surface area (Å²) in [7, 11) is 1.53. The molecule has 2 aromatic rings. The topological polar surface area (TPSA) is 94.8 Å². The van der Waals surface area contributed by atoms with E-state index in [1.165, 1.54) is 7.11 Å². The van der Waals surface area contributed by atoms with Gasteiger partial charge in [0, 0.05) is 30.8 Å². The normalized spacial score (nSPS) is 20.6. The lowest BCUT2D eigenvalue weighted by atomic mass is 9.96. The molecule has 1 aliphatic heterocycles. The monoisotopic (exact) mass is 343 g/mol. The number of primary amides is 1. The molecule has 7 heteroatoms. The molecule has 0 bridgehead atoms. The van der Waals surface area contributed by atoms with Crippen LogP contribution in [-0.2, 0) is 14.3 Å². The molecule has 1 saturated heterocycles. The van der Waals surface area contributed by atoms with E-state index < -0.39 is 11.5 Å². The number of fused-ring (bicyclic) bond motifs is 1. The molecule has 7 nitrogen and oxygen atoms in total. The van der Waals surface area contributed by atoms with Crippen LogP contribution in [0.5, 0.6) is 0 Å². The minimum absolute atomic E-state index is 0.00170.